The van der Waals surface area contributed by atoms with E-state index in [0.717, 1.165) is 51.4 Å². The number of piperidine rings is 3. The lowest BCUT2D eigenvalue weighted by Crippen LogP contribution is -2.60. The largest absolute Gasteiger partial charge is 0.356 e. The Balaban J connectivity index is 1.08. The lowest BCUT2D eigenvalue weighted by atomic mass is 9.76. The maximum absolute atomic E-state index is 13.1. The molecule has 4 saturated heterocycles. The van der Waals surface area contributed by atoms with E-state index in [4.69, 9.17) is 4.98 Å². The van der Waals surface area contributed by atoms with Gasteiger partial charge in [0.1, 0.15) is 5.82 Å². The van der Waals surface area contributed by atoms with Crippen molar-refractivity contribution in [2.75, 3.05) is 55.6 Å². The fourth-order valence-electron chi connectivity index (χ4n) is 6.24. The van der Waals surface area contributed by atoms with E-state index in [0.29, 0.717) is 54.8 Å². The summed E-state index contributed by atoms with van der Waals surface area (Å²) in [6.07, 6.45) is 9.28. The van der Waals surface area contributed by atoms with Gasteiger partial charge in [0.15, 0.2) is 0 Å². The molecule has 0 spiro atoms. The molecular formula is C25H31N7O2. The highest BCUT2D eigenvalue weighted by Crippen LogP contribution is 2.38. The lowest BCUT2D eigenvalue weighted by molar-refractivity contribution is -0.142. The maximum Gasteiger partial charge on any atom is 0.255 e. The van der Waals surface area contributed by atoms with Crippen molar-refractivity contribution in [1.29, 1.82) is 0 Å². The minimum atomic E-state index is 0.0274. The van der Waals surface area contributed by atoms with E-state index < -0.39 is 0 Å². The van der Waals surface area contributed by atoms with Crippen LogP contribution in [0.4, 0.5) is 11.8 Å². The number of nitrogens with zero attached hydrogens (tertiary/aromatic N) is 7. The van der Waals surface area contributed by atoms with E-state index >= 15 is 0 Å². The molecule has 2 bridgehead atoms. The van der Waals surface area contributed by atoms with Gasteiger partial charge >= 0.3 is 0 Å². The Hall–Kier alpha value is -3.23. The highest BCUT2D eigenvalue weighted by Gasteiger charge is 2.44. The van der Waals surface area contributed by atoms with Crippen molar-refractivity contribution in [3.63, 3.8) is 0 Å². The second-order valence-electron chi connectivity index (χ2n) is 10.0. The highest BCUT2D eigenvalue weighted by molar-refractivity contribution is 5.94. The van der Waals surface area contributed by atoms with E-state index in [2.05, 4.69) is 24.7 Å². The Morgan fingerprint density at radius 2 is 1.76 bits per heavy atom. The van der Waals surface area contributed by atoms with Crippen LogP contribution in [0, 0.1) is 11.8 Å². The molecule has 6 heterocycles. The third-order valence-corrected chi connectivity index (χ3v) is 7.90. The van der Waals surface area contributed by atoms with Crippen molar-refractivity contribution < 1.29 is 9.59 Å². The van der Waals surface area contributed by atoms with E-state index in [1.54, 1.807) is 18.6 Å². The third-order valence-electron chi connectivity index (χ3n) is 7.90. The van der Waals surface area contributed by atoms with Crippen LogP contribution in [0.25, 0.3) is 0 Å². The first kappa shape index (κ1) is 21.3. The number of anilines is 2. The van der Waals surface area contributed by atoms with Crippen LogP contribution < -0.4 is 9.80 Å². The molecule has 2 amide bonds. The van der Waals surface area contributed by atoms with Gasteiger partial charge in [0.05, 0.1) is 5.56 Å². The second kappa shape index (κ2) is 8.85. The van der Waals surface area contributed by atoms with Crippen molar-refractivity contribution in [2.45, 2.75) is 31.7 Å². The molecule has 2 unspecified atom stereocenters. The molecule has 4 aliphatic heterocycles. The predicted octanol–water partition coefficient (Wildman–Crippen LogP) is 1.67. The lowest BCUT2D eigenvalue weighted by Gasteiger charge is -2.52. The van der Waals surface area contributed by atoms with Crippen LogP contribution in [-0.2, 0) is 4.79 Å². The second-order valence-corrected chi connectivity index (χ2v) is 10.0. The normalized spacial score (nSPS) is 26.9. The highest BCUT2D eigenvalue weighted by atomic mass is 16.2. The molecule has 2 aromatic heterocycles. The molecule has 9 nitrogen and oxygen atoms in total. The van der Waals surface area contributed by atoms with Gasteiger partial charge in [0.25, 0.3) is 5.91 Å². The van der Waals surface area contributed by atoms with Crippen molar-refractivity contribution in [1.82, 2.24) is 24.8 Å². The summed E-state index contributed by atoms with van der Waals surface area (Å²) in [5.41, 5.74) is 0.634. The quantitative estimate of drug-likeness (QED) is 0.687. The minimum absolute atomic E-state index is 0.0274. The Kier molecular flexibility index (Phi) is 5.55. The molecular weight excluding hydrogens is 430 g/mol. The van der Waals surface area contributed by atoms with Gasteiger partial charge < -0.3 is 19.6 Å². The van der Waals surface area contributed by atoms with Gasteiger partial charge in [-0.3, -0.25) is 9.59 Å². The topological polar surface area (TPSA) is 85.8 Å². The number of hydrogen-bond donors (Lipinski definition) is 0. The van der Waals surface area contributed by atoms with Crippen LogP contribution in [0.15, 0.2) is 36.8 Å². The number of fused-ring (bicyclic) bond motifs is 4. The Morgan fingerprint density at radius 1 is 0.941 bits per heavy atom. The summed E-state index contributed by atoms with van der Waals surface area (Å²) in [5, 5.41) is 0. The summed E-state index contributed by atoms with van der Waals surface area (Å²) in [5.74, 6) is 3.05. The molecule has 0 aliphatic carbocycles. The molecule has 9 heteroatoms. The van der Waals surface area contributed by atoms with Gasteiger partial charge in [-0.05, 0) is 49.3 Å². The molecule has 178 valence electrons. The summed E-state index contributed by atoms with van der Waals surface area (Å²) in [6, 6.07) is 6.10. The number of rotatable bonds is 3. The number of hydrogen-bond acceptors (Lipinski definition) is 7. The van der Waals surface area contributed by atoms with Gasteiger partial charge in [-0.25, -0.2) is 15.0 Å². The van der Waals surface area contributed by atoms with Crippen LogP contribution >= 0.6 is 0 Å². The molecule has 0 N–H and O–H groups in total. The van der Waals surface area contributed by atoms with Gasteiger partial charge in [0.2, 0.25) is 11.9 Å². The number of carbonyl (C=O) groups excluding carboxylic acids is 2. The molecule has 2 aromatic rings. The first-order valence-corrected chi connectivity index (χ1v) is 12.5. The molecule has 0 aromatic carbocycles. The standard InChI is InChI=1S/C25H31N7O2/c33-23-4-1-3-21-20-13-18(16-32(21)23)15-31(17-20)22-6-5-19(14-28-22)24(34)29-9-11-30(12-10-29)25-26-7-2-8-27-25/h2,5-8,14,18,20-21H,1,3-4,9-13,15-17H2/t18?,20?,21-/m1/s1. The van der Waals surface area contributed by atoms with Crippen molar-refractivity contribution in [2.24, 2.45) is 11.8 Å². The van der Waals surface area contributed by atoms with E-state index in [1.807, 2.05) is 23.1 Å². The van der Waals surface area contributed by atoms with Crippen LogP contribution in [0.3, 0.4) is 0 Å². The van der Waals surface area contributed by atoms with Crippen molar-refractivity contribution >= 4 is 23.6 Å². The predicted molar refractivity (Wildman–Crippen MR) is 128 cm³/mol. The fourth-order valence-corrected chi connectivity index (χ4v) is 6.24. The van der Waals surface area contributed by atoms with Crippen LogP contribution in [0.2, 0.25) is 0 Å². The monoisotopic (exact) mass is 461 g/mol. The number of piperazine rings is 1. The molecule has 34 heavy (non-hydrogen) atoms. The Morgan fingerprint density at radius 3 is 2.53 bits per heavy atom. The summed E-state index contributed by atoms with van der Waals surface area (Å²) >= 11 is 0. The van der Waals surface area contributed by atoms with Crippen molar-refractivity contribution in [3.8, 4) is 0 Å². The minimum Gasteiger partial charge on any atom is -0.356 e. The van der Waals surface area contributed by atoms with E-state index in [-0.39, 0.29) is 5.91 Å². The van der Waals surface area contributed by atoms with Crippen LogP contribution in [0.1, 0.15) is 36.0 Å². The third kappa shape index (κ3) is 3.97. The van der Waals surface area contributed by atoms with Gasteiger partial charge in [-0.1, -0.05) is 0 Å². The number of pyridine rings is 1. The van der Waals surface area contributed by atoms with Crippen LogP contribution in [-0.4, -0.2) is 88.4 Å². The molecule has 4 aliphatic rings. The first-order valence-electron chi connectivity index (χ1n) is 12.5. The Labute approximate surface area is 199 Å². The zero-order chi connectivity index (χ0) is 23.1. The number of carbonyl (C=O) groups is 2. The van der Waals surface area contributed by atoms with Gasteiger partial charge in [-0.2, -0.15) is 0 Å². The summed E-state index contributed by atoms with van der Waals surface area (Å²) in [7, 11) is 0. The average Bonchev–Trinajstić information content (AvgIpc) is 2.89. The average molecular weight is 462 g/mol. The maximum atomic E-state index is 13.1. The molecule has 0 saturated carbocycles. The van der Waals surface area contributed by atoms with E-state index in [9.17, 15) is 9.59 Å². The number of aromatic nitrogens is 3. The smallest absolute Gasteiger partial charge is 0.255 e. The molecule has 3 atom stereocenters. The Bertz CT molecular complexity index is 1040. The molecule has 0 radical (unpaired) electrons. The zero-order valence-electron chi connectivity index (χ0n) is 19.4. The SMILES string of the molecule is O=C(c1ccc(N2CC3CC(C2)[C@H]2CCCC(=O)N2C3)nc1)N1CCN(c2ncccn2)CC1. The first-order chi connectivity index (χ1) is 16.7. The molecule has 6 rings (SSSR count). The van der Waals surface area contributed by atoms with Gasteiger partial charge in [-0.15, -0.1) is 0 Å². The summed E-state index contributed by atoms with van der Waals surface area (Å²) in [4.78, 5) is 47.3. The van der Waals surface area contributed by atoms with Crippen LogP contribution in [0.5, 0.6) is 0 Å². The summed E-state index contributed by atoms with van der Waals surface area (Å²) < 4.78 is 0. The van der Waals surface area contributed by atoms with Crippen molar-refractivity contribution in [3.05, 3.63) is 42.4 Å². The fraction of sp³-hybridized carbons (Fsp3) is 0.560. The molecule has 4 fully saturated rings. The number of amides is 2. The van der Waals surface area contributed by atoms with Gasteiger partial charge in [0, 0.05) is 76.9 Å². The van der Waals surface area contributed by atoms with E-state index in [1.165, 1.54) is 6.42 Å². The zero-order valence-corrected chi connectivity index (χ0v) is 19.4. The summed E-state index contributed by atoms with van der Waals surface area (Å²) in [6.45, 7) is 5.48.